The molecular weight excluding hydrogens is 408 g/mol. The Morgan fingerprint density at radius 3 is 2.23 bits per heavy atom. The number of methoxy groups -OCH3 is 1. The van der Waals surface area contributed by atoms with Gasteiger partial charge in [0, 0.05) is 23.0 Å². The molecule has 2 aromatic rings. The highest BCUT2D eigenvalue weighted by Gasteiger charge is 2.42. The molecule has 1 heterocycles. The highest BCUT2D eigenvalue weighted by Crippen LogP contribution is 2.45. The maximum atomic E-state index is 13.6. The van der Waals surface area contributed by atoms with Gasteiger partial charge in [0.2, 0.25) is 9.84 Å². The van der Waals surface area contributed by atoms with Crippen molar-refractivity contribution in [2.24, 2.45) is 0 Å². The predicted octanol–water partition coefficient (Wildman–Crippen LogP) is 3.43. The number of hydrogen-bond donors (Lipinski definition) is 1. The molecule has 0 spiro atoms. The summed E-state index contributed by atoms with van der Waals surface area (Å²) in [4.78, 5) is 23.6. The first-order chi connectivity index (χ1) is 14.2. The van der Waals surface area contributed by atoms with Gasteiger partial charge in [-0.05, 0) is 26.0 Å². The van der Waals surface area contributed by atoms with Gasteiger partial charge >= 0.3 is 5.97 Å². The molecule has 9 heteroatoms. The number of carbonyl (C=O) groups excluding carboxylic acids is 1. The maximum Gasteiger partial charge on any atom is 0.336 e. The van der Waals surface area contributed by atoms with Crippen molar-refractivity contribution in [2.45, 2.75) is 24.7 Å². The van der Waals surface area contributed by atoms with Gasteiger partial charge in [-0.25, -0.2) is 13.2 Å². The second-order valence-corrected chi connectivity index (χ2v) is 8.63. The normalized spacial score (nSPS) is 16.8. The number of nitrogens with zero attached hydrogens (tertiary/aromatic N) is 1. The summed E-state index contributed by atoms with van der Waals surface area (Å²) in [6, 6.07) is 13.5. The monoisotopic (exact) mass is 428 g/mol. The molecule has 0 amide bonds. The summed E-state index contributed by atoms with van der Waals surface area (Å²) in [5, 5.41) is 14.6. The zero-order chi connectivity index (χ0) is 22.1. The maximum absolute atomic E-state index is 13.6. The van der Waals surface area contributed by atoms with Crippen LogP contribution in [0.5, 0.6) is 0 Å². The number of carbonyl (C=O) groups is 1. The summed E-state index contributed by atoms with van der Waals surface area (Å²) in [5.74, 6) is -1.97. The predicted molar refractivity (Wildman–Crippen MR) is 110 cm³/mol. The van der Waals surface area contributed by atoms with Gasteiger partial charge in [-0.3, -0.25) is 10.1 Å². The summed E-state index contributed by atoms with van der Waals surface area (Å²) < 4.78 is 32.1. The van der Waals surface area contributed by atoms with E-state index in [4.69, 9.17) is 4.74 Å². The number of rotatable bonds is 5. The number of nitrogens with one attached hydrogen (secondary N) is 1. The molecule has 0 bridgehead atoms. The van der Waals surface area contributed by atoms with E-state index in [1.54, 1.807) is 38.1 Å². The third kappa shape index (κ3) is 3.59. The molecule has 0 aromatic heterocycles. The van der Waals surface area contributed by atoms with Crippen molar-refractivity contribution in [1.82, 2.24) is 5.32 Å². The molecule has 156 valence electrons. The van der Waals surface area contributed by atoms with Crippen LogP contribution in [0.2, 0.25) is 0 Å². The Morgan fingerprint density at radius 1 is 1.03 bits per heavy atom. The highest BCUT2D eigenvalue weighted by atomic mass is 32.2. The molecular formula is C21H20N2O6S. The Labute approximate surface area is 173 Å². The molecule has 8 nitrogen and oxygen atoms in total. The van der Waals surface area contributed by atoms with E-state index < -0.39 is 26.6 Å². The number of benzene rings is 2. The van der Waals surface area contributed by atoms with Crippen LogP contribution in [0.1, 0.15) is 25.3 Å². The lowest BCUT2D eigenvalue weighted by atomic mass is 9.85. The third-order valence-electron chi connectivity index (χ3n) is 4.89. The van der Waals surface area contributed by atoms with Gasteiger partial charge in [-0.2, -0.15) is 0 Å². The summed E-state index contributed by atoms with van der Waals surface area (Å²) in [7, 11) is -2.92. The molecule has 0 fully saturated rings. The van der Waals surface area contributed by atoms with Crippen molar-refractivity contribution in [2.75, 3.05) is 7.11 Å². The summed E-state index contributed by atoms with van der Waals surface area (Å²) in [5.41, 5.74) is 0.471. The first kappa shape index (κ1) is 21.3. The number of hydrogen-bond acceptors (Lipinski definition) is 7. The molecule has 0 aliphatic carbocycles. The Morgan fingerprint density at radius 2 is 1.63 bits per heavy atom. The summed E-state index contributed by atoms with van der Waals surface area (Å²) in [6.45, 7) is 3.17. The molecule has 1 aliphatic rings. The second kappa shape index (κ2) is 8.11. The second-order valence-electron chi connectivity index (χ2n) is 6.71. The molecule has 2 aromatic carbocycles. The van der Waals surface area contributed by atoms with E-state index in [0.717, 1.165) is 0 Å². The fourth-order valence-electron chi connectivity index (χ4n) is 3.63. The van der Waals surface area contributed by atoms with E-state index in [1.165, 1.54) is 37.4 Å². The van der Waals surface area contributed by atoms with E-state index in [0.29, 0.717) is 5.70 Å². The molecule has 30 heavy (non-hydrogen) atoms. The number of nitro benzene ring substituents is 1. The zero-order valence-electron chi connectivity index (χ0n) is 16.6. The Hall–Kier alpha value is -3.46. The first-order valence-corrected chi connectivity index (χ1v) is 10.5. The Bertz CT molecular complexity index is 1180. The molecule has 1 atom stereocenters. The molecule has 3 rings (SSSR count). The zero-order valence-corrected chi connectivity index (χ0v) is 17.4. The van der Waals surface area contributed by atoms with Gasteiger partial charge in [0.05, 0.1) is 33.3 Å². The summed E-state index contributed by atoms with van der Waals surface area (Å²) in [6.07, 6.45) is 0. The van der Waals surface area contributed by atoms with Gasteiger partial charge in [-0.15, -0.1) is 0 Å². The van der Waals surface area contributed by atoms with Gasteiger partial charge < -0.3 is 10.1 Å². The van der Waals surface area contributed by atoms with Crippen LogP contribution in [-0.4, -0.2) is 26.4 Å². The minimum atomic E-state index is -4.10. The van der Waals surface area contributed by atoms with Crippen molar-refractivity contribution < 1.29 is 22.9 Å². The lowest BCUT2D eigenvalue weighted by Gasteiger charge is -2.30. The number of nitro groups is 1. The SMILES string of the molecule is COC(=O)C1=C(C)NC(C)=C(S(=O)(=O)c2ccccc2)C1c1ccccc1[N+](=O)[O-]. The molecule has 0 saturated heterocycles. The van der Waals surface area contributed by atoms with E-state index in [1.807, 2.05) is 0 Å². The van der Waals surface area contributed by atoms with Crippen molar-refractivity contribution >= 4 is 21.5 Å². The molecule has 0 saturated carbocycles. The van der Waals surface area contributed by atoms with Crippen LogP contribution in [0.25, 0.3) is 0 Å². The average molecular weight is 428 g/mol. The van der Waals surface area contributed by atoms with Crippen LogP contribution in [0.3, 0.4) is 0 Å². The lowest BCUT2D eigenvalue weighted by molar-refractivity contribution is -0.385. The number of dihydropyridines is 1. The molecule has 1 aliphatic heterocycles. The average Bonchev–Trinajstić information content (AvgIpc) is 2.73. The first-order valence-electron chi connectivity index (χ1n) is 9.00. The number of esters is 1. The van der Waals surface area contributed by atoms with Gasteiger partial charge in [-0.1, -0.05) is 36.4 Å². The van der Waals surface area contributed by atoms with Crippen LogP contribution in [-0.2, 0) is 19.4 Å². The molecule has 1 unspecified atom stereocenters. The lowest BCUT2D eigenvalue weighted by Crippen LogP contribution is -2.32. The minimum absolute atomic E-state index is 0.00639. The van der Waals surface area contributed by atoms with Crippen molar-refractivity contribution in [1.29, 1.82) is 0 Å². The van der Waals surface area contributed by atoms with E-state index >= 15 is 0 Å². The van der Waals surface area contributed by atoms with Gasteiger partial charge in [0.25, 0.3) is 5.69 Å². The van der Waals surface area contributed by atoms with E-state index in [2.05, 4.69) is 5.32 Å². The highest BCUT2D eigenvalue weighted by molar-refractivity contribution is 7.95. The van der Waals surface area contributed by atoms with Crippen LogP contribution in [0.4, 0.5) is 5.69 Å². The Balaban J connectivity index is 2.37. The van der Waals surface area contributed by atoms with Gasteiger partial charge in [0.1, 0.15) is 0 Å². The number of sulfone groups is 1. The summed E-state index contributed by atoms with van der Waals surface area (Å²) >= 11 is 0. The van der Waals surface area contributed by atoms with Crippen LogP contribution in [0.15, 0.2) is 81.4 Å². The minimum Gasteiger partial charge on any atom is -0.466 e. The van der Waals surface area contributed by atoms with E-state index in [9.17, 15) is 23.3 Å². The molecule has 1 N–H and O–H groups in total. The Kier molecular flexibility index (Phi) is 5.75. The largest absolute Gasteiger partial charge is 0.466 e. The van der Waals surface area contributed by atoms with E-state index in [-0.39, 0.29) is 32.3 Å². The van der Waals surface area contributed by atoms with Crippen LogP contribution in [0, 0.1) is 10.1 Å². The van der Waals surface area contributed by atoms with Crippen LogP contribution < -0.4 is 5.32 Å². The molecule has 0 radical (unpaired) electrons. The third-order valence-corrected chi connectivity index (χ3v) is 6.91. The van der Waals surface area contributed by atoms with Crippen molar-refractivity contribution in [3.8, 4) is 0 Å². The number of para-hydroxylation sites is 1. The topological polar surface area (TPSA) is 116 Å². The van der Waals surface area contributed by atoms with Gasteiger partial charge in [0.15, 0.2) is 0 Å². The fourth-order valence-corrected chi connectivity index (χ4v) is 5.41. The van der Waals surface area contributed by atoms with Crippen molar-refractivity contribution in [3.05, 3.63) is 92.1 Å². The van der Waals surface area contributed by atoms with Crippen LogP contribution >= 0.6 is 0 Å². The number of ether oxygens (including phenoxy) is 1. The smallest absolute Gasteiger partial charge is 0.336 e. The number of allylic oxidation sites excluding steroid dienone is 3. The quantitative estimate of drug-likeness (QED) is 0.441. The standard InChI is InChI=1S/C21H20N2O6S/c1-13-18(21(24)29-3)19(16-11-7-8-12-17(16)23(25)26)20(14(2)22-13)30(27,28)15-9-5-4-6-10-15/h4-12,19,22H,1-3H3. The fraction of sp³-hybridized carbons (Fsp3) is 0.190. The van der Waals surface area contributed by atoms with Crippen molar-refractivity contribution in [3.63, 3.8) is 0 Å².